The third kappa shape index (κ3) is 3.54. The lowest BCUT2D eigenvalue weighted by Crippen LogP contribution is -2.18. The molecule has 1 heterocycles. The molecule has 15 heavy (non-hydrogen) atoms. The van der Waals surface area contributed by atoms with Gasteiger partial charge in [-0.1, -0.05) is 0 Å². The van der Waals surface area contributed by atoms with Gasteiger partial charge in [-0.15, -0.1) is 0 Å². The van der Waals surface area contributed by atoms with E-state index in [2.05, 4.69) is 27.4 Å². The Balaban J connectivity index is 1.78. The second-order valence-corrected chi connectivity index (χ2v) is 5.03. The number of nitrogens with one attached hydrogen (secondary N) is 1. The predicted octanol–water partition coefficient (Wildman–Crippen LogP) is 1.89. The predicted molar refractivity (Wildman–Crippen MR) is 65.1 cm³/mol. The molecule has 0 bridgehead atoms. The Labute approximate surface area is 95.6 Å². The van der Waals surface area contributed by atoms with Crippen LogP contribution < -0.4 is 5.32 Å². The third-order valence-electron chi connectivity index (χ3n) is 2.67. The molecular formula is C11H19N3S. The Hall–Kier alpha value is -0.480. The molecule has 1 saturated carbocycles. The summed E-state index contributed by atoms with van der Waals surface area (Å²) in [5.41, 5.74) is 1.32. The summed E-state index contributed by atoms with van der Waals surface area (Å²) in [6, 6.07) is 2.90. The van der Waals surface area contributed by atoms with Crippen LogP contribution >= 0.6 is 11.8 Å². The second kappa shape index (κ2) is 5.56. The number of hydrogen-bond acceptors (Lipinski definition) is 3. The molecule has 1 aliphatic rings. The van der Waals surface area contributed by atoms with Crippen molar-refractivity contribution in [2.24, 2.45) is 0 Å². The van der Waals surface area contributed by atoms with Crippen molar-refractivity contribution in [3.63, 3.8) is 0 Å². The monoisotopic (exact) mass is 225 g/mol. The van der Waals surface area contributed by atoms with Crippen molar-refractivity contribution in [2.45, 2.75) is 38.4 Å². The van der Waals surface area contributed by atoms with Crippen LogP contribution in [-0.4, -0.2) is 27.8 Å². The first kappa shape index (κ1) is 11.0. The van der Waals surface area contributed by atoms with Crippen molar-refractivity contribution in [2.75, 3.05) is 12.0 Å². The van der Waals surface area contributed by atoms with Crippen LogP contribution in [-0.2, 0) is 13.1 Å². The minimum absolute atomic E-state index is 0.777. The first-order valence-corrected chi connectivity index (χ1v) is 7.02. The lowest BCUT2D eigenvalue weighted by Gasteiger charge is -2.07. The van der Waals surface area contributed by atoms with Gasteiger partial charge < -0.3 is 5.32 Å². The van der Waals surface area contributed by atoms with Gasteiger partial charge in [0, 0.05) is 25.3 Å². The Bertz CT molecular complexity index is 294. The molecule has 0 aromatic carbocycles. The van der Waals surface area contributed by atoms with Crippen LogP contribution in [0.25, 0.3) is 0 Å². The van der Waals surface area contributed by atoms with E-state index in [9.17, 15) is 0 Å². The molecule has 0 atom stereocenters. The summed E-state index contributed by atoms with van der Waals surface area (Å²) >= 11 is 1.90. The summed E-state index contributed by atoms with van der Waals surface area (Å²) in [6.45, 7) is 2.03. The Morgan fingerprint density at radius 1 is 1.60 bits per heavy atom. The lowest BCUT2D eigenvalue weighted by molar-refractivity contribution is 0.551. The third-order valence-corrected chi connectivity index (χ3v) is 3.37. The van der Waals surface area contributed by atoms with Crippen LogP contribution in [0.3, 0.4) is 0 Å². The maximum absolute atomic E-state index is 4.35. The SMILES string of the molecule is CSCCCn1nccc1CNC1CC1. The maximum atomic E-state index is 4.35. The average molecular weight is 225 g/mol. The van der Waals surface area contributed by atoms with Crippen molar-refractivity contribution < 1.29 is 0 Å². The zero-order valence-electron chi connectivity index (χ0n) is 9.28. The molecule has 0 saturated heterocycles. The number of aromatic nitrogens is 2. The van der Waals surface area contributed by atoms with Gasteiger partial charge in [0.25, 0.3) is 0 Å². The summed E-state index contributed by atoms with van der Waals surface area (Å²) in [6.07, 6.45) is 7.96. The van der Waals surface area contributed by atoms with E-state index < -0.39 is 0 Å². The first-order valence-electron chi connectivity index (χ1n) is 5.63. The summed E-state index contributed by atoms with van der Waals surface area (Å²) in [4.78, 5) is 0. The van der Waals surface area contributed by atoms with Crippen molar-refractivity contribution in [1.82, 2.24) is 15.1 Å². The van der Waals surface area contributed by atoms with E-state index in [0.717, 1.165) is 19.1 Å². The highest BCUT2D eigenvalue weighted by atomic mass is 32.2. The molecule has 0 spiro atoms. The Morgan fingerprint density at radius 3 is 3.20 bits per heavy atom. The number of nitrogens with zero attached hydrogens (tertiary/aromatic N) is 2. The fourth-order valence-corrected chi connectivity index (χ4v) is 2.02. The molecule has 4 heteroatoms. The average Bonchev–Trinajstić information content (AvgIpc) is 2.97. The molecule has 1 aromatic heterocycles. The van der Waals surface area contributed by atoms with Crippen LogP contribution in [0.5, 0.6) is 0 Å². The lowest BCUT2D eigenvalue weighted by atomic mass is 10.4. The van der Waals surface area contributed by atoms with Crippen molar-refractivity contribution in [1.29, 1.82) is 0 Å². The van der Waals surface area contributed by atoms with Crippen LogP contribution in [0.4, 0.5) is 0 Å². The number of thioether (sulfide) groups is 1. The molecule has 1 aromatic rings. The van der Waals surface area contributed by atoms with E-state index in [1.165, 1.54) is 30.7 Å². The van der Waals surface area contributed by atoms with Crippen molar-refractivity contribution in [3.8, 4) is 0 Å². The van der Waals surface area contributed by atoms with Gasteiger partial charge in [0.2, 0.25) is 0 Å². The number of aryl methyl sites for hydroxylation is 1. The van der Waals surface area contributed by atoms with Gasteiger partial charge in [0.15, 0.2) is 0 Å². The molecule has 1 N–H and O–H groups in total. The molecule has 3 nitrogen and oxygen atoms in total. The molecule has 1 fully saturated rings. The molecule has 0 radical (unpaired) electrons. The minimum Gasteiger partial charge on any atom is -0.308 e. The normalized spacial score (nSPS) is 15.8. The van der Waals surface area contributed by atoms with Gasteiger partial charge >= 0.3 is 0 Å². The maximum Gasteiger partial charge on any atom is 0.0522 e. The zero-order chi connectivity index (χ0) is 10.5. The van der Waals surface area contributed by atoms with E-state index >= 15 is 0 Å². The van der Waals surface area contributed by atoms with Crippen molar-refractivity contribution in [3.05, 3.63) is 18.0 Å². The smallest absolute Gasteiger partial charge is 0.0522 e. The Morgan fingerprint density at radius 2 is 2.47 bits per heavy atom. The van der Waals surface area contributed by atoms with E-state index in [-0.39, 0.29) is 0 Å². The van der Waals surface area contributed by atoms with E-state index in [1.54, 1.807) is 0 Å². The summed E-state index contributed by atoms with van der Waals surface area (Å²) in [7, 11) is 0. The zero-order valence-corrected chi connectivity index (χ0v) is 10.1. The number of rotatable bonds is 7. The first-order chi connectivity index (χ1) is 7.40. The van der Waals surface area contributed by atoms with Gasteiger partial charge in [-0.25, -0.2) is 0 Å². The van der Waals surface area contributed by atoms with Gasteiger partial charge in [-0.3, -0.25) is 4.68 Å². The molecular weight excluding hydrogens is 206 g/mol. The van der Waals surface area contributed by atoms with Gasteiger partial charge in [0.1, 0.15) is 0 Å². The topological polar surface area (TPSA) is 29.9 Å². The molecule has 84 valence electrons. The standard InChI is InChI=1S/C11H19N3S/c1-15-8-2-7-14-11(5-6-13-14)9-12-10-3-4-10/h5-6,10,12H,2-4,7-9H2,1H3. The molecule has 1 aliphatic carbocycles. The van der Waals surface area contributed by atoms with Crippen LogP contribution in [0, 0.1) is 0 Å². The quantitative estimate of drug-likeness (QED) is 0.719. The van der Waals surface area contributed by atoms with E-state index in [1.807, 2.05) is 18.0 Å². The van der Waals surface area contributed by atoms with Gasteiger partial charge in [0.05, 0.1) is 5.69 Å². The van der Waals surface area contributed by atoms with Crippen LogP contribution in [0.2, 0.25) is 0 Å². The van der Waals surface area contributed by atoms with E-state index in [4.69, 9.17) is 0 Å². The highest BCUT2D eigenvalue weighted by Crippen LogP contribution is 2.19. The van der Waals surface area contributed by atoms with Crippen LogP contribution in [0.15, 0.2) is 12.3 Å². The van der Waals surface area contributed by atoms with Crippen molar-refractivity contribution >= 4 is 11.8 Å². The van der Waals surface area contributed by atoms with Gasteiger partial charge in [-0.05, 0) is 37.3 Å². The molecule has 2 rings (SSSR count). The number of hydrogen-bond donors (Lipinski definition) is 1. The summed E-state index contributed by atoms with van der Waals surface area (Å²) in [5, 5.41) is 7.88. The minimum atomic E-state index is 0.777. The van der Waals surface area contributed by atoms with Gasteiger partial charge in [-0.2, -0.15) is 16.9 Å². The Kier molecular flexibility index (Phi) is 4.09. The molecule has 0 aliphatic heterocycles. The largest absolute Gasteiger partial charge is 0.308 e. The fraction of sp³-hybridized carbons (Fsp3) is 0.727. The highest BCUT2D eigenvalue weighted by molar-refractivity contribution is 7.98. The molecule has 0 unspecified atom stereocenters. The fourth-order valence-electron chi connectivity index (χ4n) is 1.61. The van der Waals surface area contributed by atoms with Crippen LogP contribution in [0.1, 0.15) is 25.0 Å². The second-order valence-electron chi connectivity index (χ2n) is 4.05. The highest BCUT2D eigenvalue weighted by Gasteiger charge is 2.20. The summed E-state index contributed by atoms with van der Waals surface area (Å²) < 4.78 is 2.13. The summed E-state index contributed by atoms with van der Waals surface area (Å²) in [5.74, 6) is 1.22. The van der Waals surface area contributed by atoms with E-state index in [0.29, 0.717) is 0 Å². The molecule has 0 amide bonds.